The van der Waals surface area contributed by atoms with Crippen molar-refractivity contribution in [3.63, 3.8) is 0 Å². The summed E-state index contributed by atoms with van der Waals surface area (Å²) >= 11 is 0. The quantitative estimate of drug-likeness (QED) is 0.887. The monoisotopic (exact) mass is 297 g/mol. The molecule has 0 aliphatic carbocycles. The van der Waals surface area contributed by atoms with E-state index in [0.29, 0.717) is 18.5 Å². The van der Waals surface area contributed by atoms with Crippen LogP contribution in [0.4, 0.5) is 13.2 Å². The third kappa shape index (κ3) is 5.23. The molecule has 0 bridgehead atoms. The summed E-state index contributed by atoms with van der Waals surface area (Å²) in [4.78, 5) is 0. The van der Waals surface area contributed by atoms with Crippen LogP contribution in [0.1, 0.15) is 23.7 Å². The molecule has 1 atom stereocenters. The van der Waals surface area contributed by atoms with E-state index in [4.69, 9.17) is 0 Å². The van der Waals surface area contributed by atoms with Gasteiger partial charge >= 0.3 is 6.18 Å². The second-order valence-corrected chi connectivity index (χ2v) is 4.97. The van der Waals surface area contributed by atoms with Gasteiger partial charge in [0, 0.05) is 32.3 Å². The molecular formula is C15H18F3N3. The highest BCUT2D eigenvalue weighted by molar-refractivity contribution is 5.19. The smallest absolute Gasteiger partial charge is 0.309 e. The van der Waals surface area contributed by atoms with Crippen molar-refractivity contribution >= 4 is 0 Å². The van der Waals surface area contributed by atoms with Crippen LogP contribution in [-0.4, -0.2) is 22.5 Å². The highest BCUT2D eigenvalue weighted by atomic mass is 19.4. The molecule has 1 N–H and O–H groups in total. The maximum atomic E-state index is 12.7. The van der Waals surface area contributed by atoms with E-state index in [2.05, 4.69) is 10.4 Å². The van der Waals surface area contributed by atoms with Crippen LogP contribution in [0, 0.1) is 0 Å². The minimum absolute atomic E-state index is 0.451. The fourth-order valence-electron chi connectivity index (χ4n) is 2.20. The maximum Gasteiger partial charge on any atom is 0.390 e. The molecule has 0 saturated heterocycles. The first-order chi connectivity index (χ1) is 9.94. The van der Waals surface area contributed by atoms with E-state index in [9.17, 15) is 13.2 Å². The van der Waals surface area contributed by atoms with E-state index in [1.807, 2.05) is 19.3 Å². The van der Waals surface area contributed by atoms with Crippen molar-refractivity contribution in [1.29, 1.82) is 0 Å². The minimum Gasteiger partial charge on any atom is -0.309 e. The number of nitrogens with zero attached hydrogens (tertiary/aromatic N) is 2. The summed E-state index contributed by atoms with van der Waals surface area (Å²) in [5, 5.41) is 7.19. The molecule has 1 aromatic carbocycles. The van der Waals surface area contributed by atoms with Crippen molar-refractivity contribution in [3.05, 3.63) is 53.9 Å². The van der Waals surface area contributed by atoms with Gasteiger partial charge in [-0.25, -0.2) is 0 Å². The molecule has 0 aliphatic rings. The van der Waals surface area contributed by atoms with Gasteiger partial charge in [-0.15, -0.1) is 0 Å². The molecule has 2 aromatic rings. The van der Waals surface area contributed by atoms with Crippen molar-refractivity contribution in [3.8, 4) is 0 Å². The van der Waals surface area contributed by atoms with Crippen molar-refractivity contribution in [2.45, 2.75) is 25.1 Å². The second kappa shape index (κ2) is 6.76. The zero-order valence-corrected chi connectivity index (χ0v) is 11.8. The molecule has 0 amide bonds. The fourth-order valence-corrected chi connectivity index (χ4v) is 2.20. The minimum atomic E-state index is -4.20. The summed E-state index contributed by atoms with van der Waals surface area (Å²) in [6, 6.07) is 9.85. The second-order valence-electron chi connectivity index (χ2n) is 4.97. The summed E-state index contributed by atoms with van der Waals surface area (Å²) in [7, 11) is 1.81. The van der Waals surface area contributed by atoms with Gasteiger partial charge in [-0.1, -0.05) is 30.3 Å². The van der Waals surface area contributed by atoms with E-state index in [1.54, 1.807) is 35.0 Å². The first-order valence-electron chi connectivity index (χ1n) is 6.77. The number of halogens is 3. The Kier molecular flexibility index (Phi) is 5.01. The number of rotatable bonds is 6. The number of nitrogens with one attached hydrogen (secondary N) is 1. The van der Waals surface area contributed by atoms with Crippen LogP contribution in [0.3, 0.4) is 0 Å². The SMILES string of the molecule is Cn1ccc(CCNC(CC(F)(F)F)c2ccccc2)n1. The van der Waals surface area contributed by atoms with Gasteiger partial charge in [0.25, 0.3) is 0 Å². The Morgan fingerprint density at radius 2 is 1.90 bits per heavy atom. The lowest BCUT2D eigenvalue weighted by Gasteiger charge is -2.20. The highest BCUT2D eigenvalue weighted by Gasteiger charge is 2.32. The average molecular weight is 297 g/mol. The Hall–Kier alpha value is -1.82. The normalized spacial score (nSPS) is 13.3. The zero-order valence-electron chi connectivity index (χ0n) is 11.8. The molecule has 0 spiro atoms. The van der Waals surface area contributed by atoms with E-state index >= 15 is 0 Å². The van der Waals surface area contributed by atoms with E-state index < -0.39 is 18.6 Å². The Bertz CT molecular complexity index is 549. The molecule has 0 fully saturated rings. The molecule has 6 heteroatoms. The predicted octanol–water partition coefficient (Wildman–Crippen LogP) is 3.25. The molecule has 2 rings (SSSR count). The van der Waals surface area contributed by atoms with Gasteiger partial charge in [0.05, 0.1) is 12.1 Å². The number of aromatic nitrogens is 2. The van der Waals surface area contributed by atoms with Crippen molar-refractivity contribution in [2.75, 3.05) is 6.54 Å². The number of hydrogen-bond donors (Lipinski definition) is 1. The number of hydrogen-bond acceptors (Lipinski definition) is 2. The number of alkyl halides is 3. The topological polar surface area (TPSA) is 29.9 Å². The predicted molar refractivity (Wildman–Crippen MR) is 74.8 cm³/mol. The Labute approximate surface area is 121 Å². The molecule has 3 nitrogen and oxygen atoms in total. The highest BCUT2D eigenvalue weighted by Crippen LogP contribution is 2.29. The summed E-state index contributed by atoms with van der Waals surface area (Å²) in [6.07, 6.45) is -2.65. The van der Waals surface area contributed by atoms with Crippen LogP contribution < -0.4 is 5.32 Å². The fraction of sp³-hybridized carbons (Fsp3) is 0.400. The molecule has 0 radical (unpaired) electrons. The lowest BCUT2D eigenvalue weighted by atomic mass is 10.0. The summed E-state index contributed by atoms with van der Waals surface area (Å²) < 4.78 is 39.7. The lowest BCUT2D eigenvalue weighted by Crippen LogP contribution is -2.28. The third-order valence-electron chi connectivity index (χ3n) is 3.18. The van der Waals surface area contributed by atoms with Gasteiger partial charge in [0.1, 0.15) is 0 Å². The van der Waals surface area contributed by atoms with Gasteiger partial charge in [-0.3, -0.25) is 4.68 Å². The standard InChI is InChI=1S/C15H18F3N3/c1-21-10-8-13(20-21)7-9-19-14(11-15(16,17)18)12-5-3-2-4-6-12/h2-6,8,10,14,19H,7,9,11H2,1H3. The molecule has 0 aliphatic heterocycles. The van der Waals surface area contributed by atoms with Gasteiger partial charge in [0.2, 0.25) is 0 Å². The van der Waals surface area contributed by atoms with E-state index in [0.717, 1.165) is 5.69 Å². The van der Waals surface area contributed by atoms with E-state index in [1.165, 1.54) is 0 Å². The Morgan fingerprint density at radius 3 is 2.48 bits per heavy atom. The molecule has 1 aromatic heterocycles. The Morgan fingerprint density at radius 1 is 1.19 bits per heavy atom. The number of aryl methyl sites for hydroxylation is 1. The van der Waals surface area contributed by atoms with E-state index in [-0.39, 0.29) is 0 Å². The maximum absolute atomic E-state index is 12.7. The van der Waals surface area contributed by atoms with Crippen LogP contribution in [-0.2, 0) is 13.5 Å². The lowest BCUT2D eigenvalue weighted by molar-refractivity contribution is -0.140. The number of benzene rings is 1. The van der Waals surface area contributed by atoms with Crippen molar-refractivity contribution < 1.29 is 13.2 Å². The molecule has 0 saturated carbocycles. The van der Waals surface area contributed by atoms with Gasteiger partial charge in [0.15, 0.2) is 0 Å². The molecule has 21 heavy (non-hydrogen) atoms. The first kappa shape index (κ1) is 15.6. The first-order valence-corrected chi connectivity index (χ1v) is 6.77. The van der Waals surface area contributed by atoms with Crippen molar-refractivity contribution in [1.82, 2.24) is 15.1 Å². The summed E-state index contributed by atoms with van der Waals surface area (Å²) in [5.74, 6) is 0. The molecule has 1 heterocycles. The summed E-state index contributed by atoms with van der Waals surface area (Å²) in [5.41, 5.74) is 1.51. The molecular weight excluding hydrogens is 279 g/mol. The van der Waals surface area contributed by atoms with Crippen LogP contribution in [0.2, 0.25) is 0 Å². The Balaban J connectivity index is 1.96. The van der Waals surface area contributed by atoms with Gasteiger partial charge in [-0.05, 0) is 11.6 Å². The largest absolute Gasteiger partial charge is 0.390 e. The molecule has 114 valence electrons. The van der Waals surface area contributed by atoms with Crippen LogP contribution in [0.5, 0.6) is 0 Å². The summed E-state index contributed by atoms with van der Waals surface area (Å²) in [6.45, 7) is 0.451. The average Bonchev–Trinajstić information content (AvgIpc) is 2.83. The van der Waals surface area contributed by atoms with Crippen LogP contribution in [0.15, 0.2) is 42.6 Å². The van der Waals surface area contributed by atoms with Crippen molar-refractivity contribution in [2.24, 2.45) is 7.05 Å². The third-order valence-corrected chi connectivity index (χ3v) is 3.18. The van der Waals surface area contributed by atoms with Crippen LogP contribution >= 0.6 is 0 Å². The zero-order chi connectivity index (χ0) is 15.3. The molecule has 1 unspecified atom stereocenters. The van der Waals surface area contributed by atoms with Gasteiger partial charge in [-0.2, -0.15) is 18.3 Å². The van der Waals surface area contributed by atoms with Gasteiger partial charge < -0.3 is 5.32 Å². The van der Waals surface area contributed by atoms with Crippen LogP contribution in [0.25, 0.3) is 0 Å².